The lowest BCUT2D eigenvalue weighted by Gasteiger charge is -2.04. The molecule has 0 aliphatic carbocycles. The van der Waals surface area contributed by atoms with Crippen LogP contribution in [0.25, 0.3) is 0 Å². The predicted octanol–water partition coefficient (Wildman–Crippen LogP) is 1.64. The number of carbonyl (C=O) groups is 1. The molecule has 0 atom stereocenters. The summed E-state index contributed by atoms with van der Waals surface area (Å²) in [6.45, 7) is 1.53. The maximum absolute atomic E-state index is 12.1. The second kappa shape index (κ2) is 8.24. The third kappa shape index (κ3) is 5.19. The first kappa shape index (κ1) is 17.7. The number of nitrogens with one attached hydrogen (secondary N) is 1. The zero-order valence-electron chi connectivity index (χ0n) is 13.0. The van der Waals surface area contributed by atoms with Gasteiger partial charge in [0.15, 0.2) is 5.78 Å². The fourth-order valence-electron chi connectivity index (χ4n) is 1.75. The fraction of sp³-hybridized carbons (Fsp3) is 0.176. The summed E-state index contributed by atoms with van der Waals surface area (Å²) in [5.74, 6) is 5.86. The van der Waals surface area contributed by atoms with E-state index in [-0.39, 0.29) is 23.8 Å². The number of ether oxygens (including phenoxy) is 1. The molecule has 0 unspecified atom stereocenters. The highest BCUT2D eigenvalue weighted by Gasteiger charge is 2.12. The maximum Gasteiger partial charge on any atom is 0.241 e. The molecule has 0 aliphatic rings. The zero-order valence-corrected chi connectivity index (χ0v) is 13.8. The lowest BCUT2D eigenvalue weighted by atomic mass is 10.2. The van der Waals surface area contributed by atoms with Crippen molar-refractivity contribution in [2.24, 2.45) is 0 Å². The number of nitrogens with zero attached hydrogens (tertiary/aromatic N) is 1. The summed E-state index contributed by atoms with van der Waals surface area (Å²) < 4.78 is 31.8. The minimum Gasteiger partial charge on any atom is -0.479 e. The van der Waals surface area contributed by atoms with Crippen molar-refractivity contribution in [3.05, 3.63) is 54.4 Å². The van der Waals surface area contributed by atoms with Crippen molar-refractivity contribution in [1.29, 1.82) is 0 Å². The molecule has 124 valence electrons. The second-order valence-electron chi connectivity index (χ2n) is 4.74. The molecule has 0 aliphatic heterocycles. The summed E-state index contributed by atoms with van der Waals surface area (Å²) in [6, 6.07) is 9.22. The van der Waals surface area contributed by atoms with E-state index >= 15 is 0 Å². The van der Waals surface area contributed by atoms with Crippen molar-refractivity contribution in [3.63, 3.8) is 0 Å². The van der Waals surface area contributed by atoms with Crippen LogP contribution in [0.15, 0.2) is 53.7 Å². The number of ketones is 1. The van der Waals surface area contributed by atoms with Gasteiger partial charge in [-0.1, -0.05) is 24.0 Å². The standard InChI is InChI=1S/C17H16N2O4S/c1-14(20)15-6-8-17(9-7-15)24(21,22)19-11-2-3-12-23-16-5-4-10-18-13-16/h4-10,13,19H,11-12H2,1H3. The third-order valence-corrected chi connectivity index (χ3v) is 4.41. The number of benzene rings is 1. The summed E-state index contributed by atoms with van der Waals surface area (Å²) in [7, 11) is -3.66. The number of hydrogen-bond acceptors (Lipinski definition) is 5. The molecule has 0 saturated carbocycles. The van der Waals surface area contributed by atoms with Crippen LogP contribution in [0.2, 0.25) is 0 Å². The Morgan fingerprint density at radius 3 is 2.58 bits per heavy atom. The van der Waals surface area contributed by atoms with E-state index in [1.54, 1.807) is 24.5 Å². The number of carbonyl (C=O) groups excluding carboxylic acids is 1. The van der Waals surface area contributed by atoms with Crippen LogP contribution in [-0.2, 0) is 10.0 Å². The number of rotatable bonds is 6. The van der Waals surface area contributed by atoms with Gasteiger partial charge in [-0.15, -0.1) is 0 Å². The van der Waals surface area contributed by atoms with Crippen LogP contribution in [-0.4, -0.2) is 32.3 Å². The Bertz CT molecular complexity index is 851. The monoisotopic (exact) mass is 344 g/mol. The summed E-state index contributed by atoms with van der Waals surface area (Å²) in [5, 5.41) is 0. The maximum atomic E-state index is 12.1. The number of Topliss-reactive ketones (excluding diaryl/α,β-unsaturated/α-hetero) is 1. The van der Waals surface area contributed by atoms with E-state index in [9.17, 15) is 13.2 Å². The minimum atomic E-state index is -3.66. The molecule has 0 bridgehead atoms. The molecule has 1 N–H and O–H groups in total. The molecule has 2 aromatic rings. The highest BCUT2D eigenvalue weighted by Crippen LogP contribution is 2.10. The lowest BCUT2D eigenvalue weighted by Crippen LogP contribution is -2.24. The molecule has 0 saturated heterocycles. The number of hydrogen-bond donors (Lipinski definition) is 1. The summed E-state index contributed by atoms with van der Waals surface area (Å²) >= 11 is 0. The van der Waals surface area contributed by atoms with Gasteiger partial charge in [-0.3, -0.25) is 9.78 Å². The van der Waals surface area contributed by atoms with Crippen molar-refractivity contribution in [1.82, 2.24) is 9.71 Å². The first-order chi connectivity index (χ1) is 11.5. The minimum absolute atomic E-state index is 0.0345. The Balaban J connectivity index is 1.85. The quantitative estimate of drug-likeness (QED) is 0.636. The number of aromatic nitrogens is 1. The van der Waals surface area contributed by atoms with Crippen LogP contribution < -0.4 is 9.46 Å². The van der Waals surface area contributed by atoms with Gasteiger partial charge in [0.25, 0.3) is 0 Å². The van der Waals surface area contributed by atoms with E-state index in [1.165, 1.54) is 31.2 Å². The predicted molar refractivity (Wildman–Crippen MR) is 89.1 cm³/mol. The van der Waals surface area contributed by atoms with Crippen molar-refractivity contribution in [2.45, 2.75) is 11.8 Å². The van der Waals surface area contributed by atoms with Crippen LogP contribution in [0, 0.1) is 11.8 Å². The first-order valence-electron chi connectivity index (χ1n) is 7.08. The van der Waals surface area contributed by atoms with Crippen molar-refractivity contribution in [2.75, 3.05) is 13.2 Å². The van der Waals surface area contributed by atoms with Gasteiger partial charge in [0.1, 0.15) is 12.4 Å². The molecule has 6 nitrogen and oxygen atoms in total. The molecule has 0 amide bonds. The summed E-state index contributed by atoms with van der Waals surface area (Å²) in [4.78, 5) is 15.2. The van der Waals surface area contributed by atoms with E-state index < -0.39 is 10.0 Å². The highest BCUT2D eigenvalue weighted by molar-refractivity contribution is 7.89. The molecule has 1 heterocycles. The molecule has 2 rings (SSSR count). The van der Waals surface area contributed by atoms with Crippen molar-refractivity contribution >= 4 is 15.8 Å². The Hall–Kier alpha value is -2.69. The Labute approximate surface area is 140 Å². The molecule has 0 fully saturated rings. The van der Waals surface area contributed by atoms with E-state index in [4.69, 9.17) is 4.74 Å². The Morgan fingerprint density at radius 1 is 1.21 bits per heavy atom. The van der Waals surface area contributed by atoms with E-state index in [0.717, 1.165) is 0 Å². The van der Waals surface area contributed by atoms with Gasteiger partial charge >= 0.3 is 0 Å². The van der Waals surface area contributed by atoms with Crippen LogP contribution in [0.5, 0.6) is 5.75 Å². The van der Waals surface area contributed by atoms with Crippen LogP contribution in [0.3, 0.4) is 0 Å². The Morgan fingerprint density at radius 2 is 1.96 bits per heavy atom. The van der Waals surface area contributed by atoms with E-state index in [0.29, 0.717) is 11.3 Å². The molecular weight excluding hydrogens is 328 g/mol. The lowest BCUT2D eigenvalue weighted by molar-refractivity contribution is 0.101. The van der Waals surface area contributed by atoms with Gasteiger partial charge in [-0.05, 0) is 31.2 Å². The molecule has 24 heavy (non-hydrogen) atoms. The number of pyridine rings is 1. The topological polar surface area (TPSA) is 85.4 Å². The van der Waals surface area contributed by atoms with Gasteiger partial charge in [-0.2, -0.15) is 4.72 Å². The van der Waals surface area contributed by atoms with Gasteiger partial charge in [0.2, 0.25) is 10.0 Å². The average molecular weight is 344 g/mol. The third-order valence-electron chi connectivity index (χ3n) is 2.99. The van der Waals surface area contributed by atoms with Gasteiger partial charge < -0.3 is 4.74 Å². The number of sulfonamides is 1. The van der Waals surface area contributed by atoms with Crippen LogP contribution in [0.4, 0.5) is 0 Å². The largest absolute Gasteiger partial charge is 0.479 e. The van der Waals surface area contributed by atoms with Crippen molar-refractivity contribution in [3.8, 4) is 17.6 Å². The molecule has 7 heteroatoms. The summed E-state index contributed by atoms with van der Waals surface area (Å²) in [6.07, 6.45) is 3.20. The fourth-order valence-corrected chi connectivity index (χ4v) is 2.67. The molecular formula is C17H16N2O4S. The highest BCUT2D eigenvalue weighted by atomic mass is 32.2. The van der Waals surface area contributed by atoms with Crippen LogP contribution >= 0.6 is 0 Å². The normalized spacial score (nSPS) is 10.5. The molecule has 1 aromatic heterocycles. The SMILES string of the molecule is CC(=O)c1ccc(S(=O)(=O)NCC#CCOc2cccnc2)cc1. The van der Waals surface area contributed by atoms with Crippen LogP contribution in [0.1, 0.15) is 17.3 Å². The summed E-state index contributed by atoms with van der Waals surface area (Å²) in [5.41, 5.74) is 0.460. The first-order valence-corrected chi connectivity index (χ1v) is 8.56. The van der Waals surface area contributed by atoms with E-state index in [2.05, 4.69) is 21.5 Å². The smallest absolute Gasteiger partial charge is 0.241 e. The second-order valence-corrected chi connectivity index (χ2v) is 6.50. The zero-order chi connectivity index (χ0) is 17.4. The van der Waals surface area contributed by atoms with Gasteiger partial charge in [-0.25, -0.2) is 8.42 Å². The Kier molecular flexibility index (Phi) is 6.07. The molecule has 0 radical (unpaired) electrons. The molecule has 0 spiro atoms. The van der Waals surface area contributed by atoms with E-state index in [1.807, 2.05) is 0 Å². The van der Waals surface area contributed by atoms with Gasteiger partial charge in [0.05, 0.1) is 17.6 Å². The van der Waals surface area contributed by atoms with Gasteiger partial charge in [0, 0.05) is 11.8 Å². The molecule has 1 aromatic carbocycles. The van der Waals surface area contributed by atoms with Crippen molar-refractivity contribution < 1.29 is 17.9 Å². The average Bonchev–Trinajstić information content (AvgIpc) is 2.59.